The molecule has 0 atom stereocenters. The second kappa shape index (κ2) is 5.45. The zero-order chi connectivity index (χ0) is 14.0. The molecule has 0 aliphatic rings. The molecule has 102 valence electrons. The van der Waals surface area contributed by atoms with Crippen molar-refractivity contribution in [2.24, 2.45) is 5.41 Å². The number of aryl methyl sites for hydroxylation is 1. The van der Waals surface area contributed by atoms with Gasteiger partial charge in [-0.3, -0.25) is 0 Å². The molecule has 1 aromatic carbocycles. The van der Waals surface area contributed by atoms with Crippen LogP contribution in [0.3, 0.4) is 0 Å². The molecular weight excluding hydrogens is 279 g/mol. The predicted molar refractivity (Wildman–Crippen MR) is 70.1 cm³/mol. The second-order valence-electron chi connectivity index (χ2n) is 5.07. The minimum absolute atomic E-state index is 0.0688. The average Bonchev–Trinajstić information content (AvgIpc) is 2.16. The number of rotatable bonds is 5. The third kappa shape index (κ3) is 5.23. The van der Waals surface area contributed by atoms with Gasteiger partial charge in [0.25, 0.3) is 0 Å². The van der Waals surface area contributed by atoms with Crippen LogP contribution in [-0.2, 0) is 9.05 Å². The van der Waals surface area contributed by atoms with E-state index in [2.05, 4.69) is 0 Å². The van der Waals surface area contributed by atoms with Crippen LogP contribution in [0, 0.1) is 18.2 Å². The van der Waals surface area contributed by atoms with E-state index in [-0.39, 0.29) is 18.1 Å². The Kier molecular flexibility index (Phi) is 4.61. The topological polar surface area (TPSA) is 43.4 Å². The molecule has 0 heterocycles. The summed E-state index contributed by atoms with van der Waals surface area (Å²) in [5.74, 6) is -0.574. The van der Waals surface area contributed by atoms with Crippen LogP contribution in [-0.4, -0.2) is 20.8 Å². The largest absolute Gasteiger partial charge is 0.490 e. The molecule has 0 N–H and O–H groups in total. The predicted octanol–water partition coefficient (Wildman–Crippen LogP) is 3.11. The Balaban J connectivity index is 2.72. The normalized spacial score (nSPS) is 12.5. The Morgan fingerprint density at radius 2 is 2.00 bits per heavy atom. The fourth-order valence-corrected chi connectivity index (χ4v) is 3.41. The summed E-state index contributed by atoms with van der Waals surface area (Å²) in [4.78, 5) is 0. The molecule has 18 heavy (non-hydrogen) atoms. The van der Waals surface area contributed by atoms with Crippen LogP contribution >= 0.6 is 10.7 Å². The fourth-order valence-electron chi connectivity index (χ4n) is 1.50. The molecule has 0 unspecified atom stereocenters. The summed E-state index contributed by atoms with van der Waals surface area (Å²) >= 11 is 0. The van der Waals surface area contributed by atoms with Crippen LogP contribution in [0.4, 0.5) is 4.39 Å². The lowest BCUT2D eigenvalue weighted by atomic mass is 9.98. The quantitative estimate of drug-likeness (QED) is 0.784. The van der Waals surface area contributed by atoms with Crippen molar-refractivity contribution in [2.45, 2.75) is 20.8 Å². The zero-order valence-corrected chi connectivity index (χ0v) is 12.1. The van der Waals surface area contributed by atoms with Crippen LogP contribution in [0.25, 0.3) is 0 Å². The first-order valence-electron chi connectivity index (χ1n) is 5.40. The van der Waals surface area contributed by atoms with Crippen LogP contribution in [0.1, 0.15) is 19.4 Å². The SMILES string of the molecule is Cc1ccc(F)c(OCC(C)(C)CS(=O)(=O)Cl)c1. The lowest BCUT2D eigenvalue weighted by molar-refractivity contribution is 0.193. The summed E-state index contributed by atoms with van der Waals surface area (Å²) < 4.78 is 40.8. The van der Waals surface area contributed by atoms with Crippen LogP contribution < -0.4 is 4.74 Å². The van der Waals surface area contributed by atoms with Gasteiger partial charge < -0.3 is 4.74 Å². The molecule has 0 fully saturated rings. The minimum atomic E-state index is -3.61. The molecule has 0 aromatic heterocycles. The summed E-state index contributed by atoms with van der Waals surface area (Å²) in [6.45, 7) is 5.28. The summed E-state index contributed by atoms with van der Waals surface area (Å²) in [5.41, 5.74) is 0.186. The van der Waals surface area contributed by atoms with E-state index >= 15 is 0 Å². The molecular formula is C12H16ClFO3S. The molecule has 6 heteroatoms. The van der Waals surface area contributed by atoms with Crippen molar-refractivity contribution in [1.29, 1.82) is 0 Å². The molecule has 3 nitrogen and oxygen atoms in total. The van der Waals surface area contributed by atoms with E-state index in [0.717, 1.165) is 5.56 Å². The maximum atomic E-state index is 13.4. The Morgan fingerprint density at radius 1 is 1.39 bits per heavy atom. The fraction of sp³-hybridized carbons (Fsp3) is 0.500. The van der Waals surface area contributed by atoms with Gasteiger partial charge in [-0.15, -0.1) is 0 Å². The molecule has 1 aromatic rings. The minimum Gasteiger partial charge on any atom is -0.490 e. The lowest BCUT2D eigenvalue weighted by Gasteiger charge is -2.23. The molecule has 0 saturated heterocycles. The van der Waals surface area contributed by atoms with Gasteiger partial charge in [-0.1, -0.05) is 19.9 Å². The van der Waals surface area contributed by atoms with Crippen molar-refractivity contribution in [3.8, 4) is 5.75 Å². The highest BCUT2D eigenvalue weighted by Crippen LogP contribution is 2.24. The molecule has 1 rings (SSSR count). The van der Waals surface area contributed by atoms with Crippen LogP contribution in [0.15, 0.2) is 18.2 Å². The van der Waals surface area contributed by atoms with Gasteiger partial charge in [0.15, 0.2) is 11.6 Å². The standard InChI is InChI=1S/C12H16ClFO3S/c1-9-4-5-10(14)11(6-9)17-7-12(2,3)8-18(13,15)16/h4-6H,7-8H2,1-3H3. The smallest absolute Gasteiger partial charge is 0.233 e. The third-order valence-corrected chi connectivity index (χ3v) is 3.72. The zero-order valence-electron chi connectivity index (χ0n) is 10.5. The van der Waals surface area contributed by atoms with E-state index in [9.17, 15) is 12.8 Å². The summed E-state index contributed by atoms with van der Waals surface area (Å²) in [6, 6.07) is 4.52. The molecule has 0 aliphatic carbocycles. The number of hydrogen-bond acceptors (Lipinski definition) is 3. The number of benzene rings is 1. The van der Waals surface area contributed by atoms with Gasteiger partial charge in [0, 0.05) is 16.1 Å². The van der Waals surface area contributed by atoms with Crippen LogP contribution in [0.5, 0.6) is 5.75 Å². The van der Waals surface area contributed by atoms with Gasteiger partial charge in [-0.2, -0.15) is 0 Å². The number of hydrogen-bond donors (Lipinski definition) is 0. The van der Waals surface area contributed by atoms with E-state index in [1.165, 1.54) is 6.07 Å². The van der Waals surface area contributed by atoms with Crippen LogP contribution in [0.2, 0.25) is 0 Å². The molecule has 0 saturated carbocycles. The Morgan fingerprint density at radius 3 is 2.56 bits per heavy atom. The summed E-state index contributed by atoms with van der Waals surface area (Å²) in [6.07, 6.45) is 0. The molecule has 0 aliphatic heterocycles. The monoisotopic (exact) mass is 294 g/mol. The van der Waals surface area contributed by atoms with Gasteiger partial charge in [0.05, 0.1) is 12.4 Å². The Bertz CT molecular complexity index is 526. The van der Waals surface area contributed by atoms with Gasteiger partial charge >= 0.3 is 0 Å². The van der Waals surface area contributed by atoms with E-state index in [4.69, 9.17) is 15.4 Å². The molecule has 0 spiro atoms. The maximum Gasteiger partial charge on any atom is 0.233 e. The Hall–Kier alpha value is -0.810. The van der Waals surface area contributed by atoms with E-state index < -0.39 is 20.3 Å². The lowest BCUT2D eigenvalue weighted by Crippen LogP contribution is -2.28. The van der Waals surface area contributed by atoms with Gasteiger partial charge in [0.2, 0.25) is 9.05 Å². The summed E-state index contributed by atoms with van der Waals surface area (Å²) in [7, 11) is 1.59. The highest BCUT2D eigenvalue weighted by Gasteiger charge is 2.26. The van der Waals surface area contributed by atoms with Gasteiger partial charge in [-0.25, -0.2) is 12.8 Å². The highest BCUT2D eigenvalue weighted by atomic mass is 35.7. The van der Waals surface area contributed by atoms with Crippen molar-refractivity contribution in [1.82, 2.24) is 0 Å². The van der Waals surface area contributed by atoms with Crippen molar-refractivity contribution < 1.29 is 17.5 Å². The second-order valence-corrected chi connectivity index (χ2v) is 7.85. The first kappa shape index (κ1) is 15.2. The third-order valence-electron chi connectivity index (χ3n) is 2.27. The van der Waals surface area contributed by atoms with Crippen molar-refractivity contribution >= 4 is 19.7 Å². The van der Waals surface area contributed by atoms with E-state index in [0.29, 0.717) is 0 Å². The average molecular weight is 295 g/mol. The highest BCUT2D eigenvalue weighted by molar-refractivity contribution is 8.13. The Labute approximate surface area is 111 Å². The van der Waals surface area contributed by atoms with E-state index in [1.807, 2.05) is 6.92 Å². The van der Waals surface area contributed by atoms with Crippen molar-refractivity contribution in [3.05, 3.63) is 29.6 Å². The van der Waals surface area contributed by atoms with E-state index in [1.54, 1.807) is 26.0 Å². The van der Waals surface area contributed by atoms with Crippen molar-refractivity contribution in [2.75, 3.05) is 12.4 Å². The van der Waals surface area contributed by atoms with Crippen molar-refractivity contribution in [3.63, 3.8) is 0 Å². The molecule has 0 amide bonds. The molecule has 0 radical (unpaired) electrons. The molecule has 0 bridgehead atoms. The van der Waals surface area contributed by atoms with Gasteiger partial charge in [0.1, 0.15) is 0 Å². The first-order chi connectivity index (χ1) is 8.09. The summed E-state index contributed by atoms with van der Waals surface area (Å²) in [5, 5.41) is 0. The number of halogens is 2. The number of ether oxygens (including phenoxy) is 1. The first-order valence-corrected chi connectivity index (χ1v) is 7.88. The van der Waals surface area contributed by atoms with Gasteiger partial charge in [-0.05, 0) is 24.6 Å². The maximum absolute atomic E-state index is 13.4.